The molecule has 1 N–H and O–H groups in total. The molecule has 2 atom stereocenters. The summed E-state index contributed by atoms with van der Waals surface area (Å²) in [6, 6.07) is 0. The molecule has 0 unspecified atom stereocenters. The highest BCUT2D eigenvalue weighted by Gasteiger charge is 2.16. The predicted molar refractivity (Wildman–Crippen MR) is 61.1 cm³/mol. The Kier molecular flexibility index (Phi) is 4.73. The summed E-state index contributed by atoms with van der Waals surface area (Å²) >= 11 is 0. The van der Waals surface area contributed by atoms with E-state index in [0.717, 1.165) is 0 Å². The molecule has 0 radical (unpaired) electrons. The number of aliphatic hydroxyl groups excluding tert-OH is 1. The minimum atomic E-state index is -1.27. The zero-order valence-electron chi connectivity index (χ0n) is 9.68. The van der Waals surface area contributed by atoms with Gasteiger partial charge < -0.3 is 5.11 Å². The molecule has 76 valence electrons. The topological polar surface area (TPSA) is 20.2 Å². The molecule has 0 aromatic rings. The molecule has 13 heavy (non-hydrogen) atoms. The van der Waals surface area contributed by atoms with Crippen LogP contribution in [0.15, 0.2) is 0 Å². The van der Waals surface area contributed by atoms with E-state index in [1.165, 1.54) is 0 Å². The van der Waals surface area contributed by atoms with Gasteiger partial charge in [0.15, 0.2) is 0 Å². The van der Waals surface area contributed by atoms with Crippen LogP contribution in [0, 0.1) is 23.3 Å². The van der Waals surface area contributed by atoms with Crippen molar-refractivity contribution in [2.45, 2.75) is 46.5 Å². The molecule has 0 saturated heterocycles. The quantitative estimate of drug-likeness (QED) is 0.534. The third kappa shape index (κ3) is 5.90. The van der Waals surface area contributed by atoms with E-state index in [2.05, 4.69) is 31.1 Å². The molecular weight excluding hydrogens is 176 g/mol. The Balaban J connectivity index is 4.27. The van der Waals surface area contributed by atoms with Crippen LogP contribution >= 0.6 is 0 Å². The summed E-state index contributed by atoms with van der Waals surface area (Å²) in [7, 11) is -1.27. The average Bonchev–Trinajstić information content (AvgIpc) is 1.97. The highest BCUT2D eigenvalue weighted by atomic mass is 28.3. The standard InChI is InChI=1S/C11H22OSi/c1-9(2)11(12)10(3)7-8-13(4,5)6/h9-12H,1-6H3/t10-,11-/m0/s1. The summed E-state index contributed by atoms with van der Waals surface area (Å²) in [6.45, 7) is 12.7. The minimum absolute atomic E-state index is 0.103. The van der Waals surface area contributed by atoms with Gasteiger partial charge >= 0.3 is 0 Å². The Labute approximate surface area is 83.6 Å². The molecule has 2 heteroatoms. The Morgan fingerprint density at radius 3 is 1.85 bits per heavy atom. The molecule has 0 fully saturated rings. The molecule has 1 nitrogen and oxygen atoms in total. The van der Waals surface area contributed by atoms with E-state index in [9.17, 15) is 5.11 Å². The molecule has 0 bridgehead atoms. The summed E-state index contributed by atoms with van der Waals surface area (Å²) < 4.78 is 0. The fourth-order valence-corrected chi connectivity index (χ4v) is 1.65. The molecule has 0 rings (SSSR count). The fraction of sp³-hybridized carbons (Fsp3) is 0.818. The van der Waals surface area contributed by atoms with E-state index in [1.54, 1.807) is 0 Å². The number of hydrogen-bond donors (Lipinski definition) is 1. The van der Waals surface area contributed by atoms with Crippen LogP contribution in [0.3, 0.4) is 0 Å². The number of rotatable bonds is 2. The largest absolute Gasteiger partial charge is 0.392 e. The summed E-state index contributed by atoms with van der Waals surface area (Å²) in [5.41, 5.74) is 3.29. The van der Waals surface area contributed by atoms with Crippen LogP contribution in [0.2, 0.25) is 19.6 Å². The molecule has 0 aliphatic carbocycles. The summed E-state index contributed by atoms with van der Waals surface area (Å²) in [5.74, 6) is 3.57. The second kappa shape index (κ2) is 4.83. The first-order valence-corrected chi connectivity index (χ1v) is 8.45. The lowest BCUT2D eigenvalue weighted by Crippen LogP contribution is -2.24. The van der Waals surface area contributed by atoms with E-state index in [1.807, 2.05) is 20.8 Å². The maximum absolute atomic E-state index is 9.70. The smallest absolute Gasteiger partial charge is 0.129 e. The SMILES string of the molecule is CC(C)[C@H](O)[C@@H](C)C#C[Si](C)(C)C. The lowest BCUT2D eigenvalue weighted by Gasteiger charge is -2.17. The first-order valence-electron chi connectivity index (χ1n) is 4.95. The first kappa shape index (κ1) is 12.7. The maximum atomic E-state index is 9.70. The van der Waals surface area contributed by atoms with Crippen molar-refractivity contribution >= 4 is 8.07 Å². The van der Waals surface area contributed by atoms with Gasteiger partial charge in [0.05, 0.1) is 6.10 Å². The Hall–Kier alpha value is -0.263. The van der Waals surface area contributed by atoms with Crippen LogP contribution in [0.25, 0.3) is 0 Å². The van der Waals surface area contributed by atoms with Crippen molar-refractivity contribution in [3.8, 4) is 11.5 Å². The average molecular weight is 198 g/mol. The second-order valence-electron chi connectivity index (χ2n) is 5.04. The van der Waals surface area contributed by atoms with Gasteiger partial charge in [-0.15, -0.1) is 11.5 Å². The Morgan fingerprint density at radius 1 is 1.08 bits per heavy atom. The van der Waals surface area contributed by atoms with Gasteiger partial charge in [-0.25, -0.2) is 0 Å². The molecule has 0 amide bonds. The van der Waals surface area contributed by atoms with E-state index in [0.29, 0.717) is 5.92 Å². The first-order chi connectivity index (χ1) is 5.74. The zero-order chi connectivity index (χ0) is 10.6. The normalized spacial score (nSPS) is 16.3. The van der Waals surface area contributed by atoms with E-state index in [-0.39, 0.29) is 12.0 Å². The van der Waals surface area contributed by atoms with Gasteiger partial charge in [-0.1, -0.05) is 33.5 Å². The fourth-order valence-electron chi connectivity index (χ4n) is 0.993. The molecule has 0 heterocycles. The van der Waals surface area contributed by atoms with Gasteiger partial charge in [-0.2, -0.15) is 0 Å². The lowest BCUT2D eigenvalue weighted by molar-refractivity contribution is 0.0946. The van der Waals surface area contributed by atoms with Crippen LogP contribution in [-0.4, -0.2) is 19.3 Å². The van der Waals surface area contributed by atoms with E-state index >= 15 is 0 Å². The molecular formula is C11H22OSi. The van der Waals surface area contributed by atoms with Crippen LogP contribution < -0.4 is 0 Å². The molecule has 0 aromatic heterocycles. The van der Waals surface area contributed by atoms with E-state index < -0.39 is 8.07 Å². The lowest BCUT2D eigenvalue weighted by atomic mass is 9.96. The van der Waals surface area contributed by atoms with Crippen LogP contribution in [0.5, 0.6) is 0 Å². The van der Waals surface area contributed by atoms with Gasteiger partial charge in [0.2, 0.25) is 0 Å². The van der Waals surface area contributed by atoms with Crippen molar-refractivity contribution in [3.05, 3.63) is 0 Å². The van der Waals surface area contributed by atoms with Crippen molar-refractivity contribution in [3.63, 3.8) is 0 Å². The van der Waals surface area contributed by atoms with Gasteiger partial charge in [-0.3, -0.25) is 0 Å². The molecule has 0 aliphatic heterocycles. The van der Waals surface area contributed by atoms with Crippen molar-refractivity contribution in [2.24, 2.45) is 11.8 Å². The van der Waals surface area contributed by atoms with Crippen molar-refractivity contribution in [1.82, 2.24) is 0 Å². The Morgan fingerprint density at radius 2 is 1.54 bits per heavy atom. The summed E-state index contributed by atoms with van der Waals surface area (Å²) in [6.07, 6.45) is -0.288. The third-order valence-corrected chi connectivity index (χ3v) is 2.76. The molecule has 0 spiro atoms. The van der Waals surface area contributed by atoms with Gasteiger partial charge in [-0.05, 0) is 12.8 Å². The summed E-state index contributed by atoms with van der Waals surface area (Å²) in [5, 5.41) is 9.70. The predicted octanol–water partition coefficient (Wildman–Crippen LogP) is 2.52. The monoisotopic (exact) mass is 198 g/mol. The number of hydrogen-bond acceptors (Lipinski definition) is 1. The summed E-state index contributed by atoms with van der Waals surface area (Å²) in [4.78, 5) is 0. The van der Waals surface area contributed by atoms with E-state index in [4.69, 9.17) is 0 Å². The maximum Gasteiger partial charge on any atom is 0.129 e. The molecule has 0 aromatic carbocycles. The zero-order valence-corrected chi connectivity index (χ0v) is 10.7. The molecule has 0 saturated carbocycles. The molecule has 0 aliphatic rings. The highest BCUT2D eigenvalue weighted by Crippen LogP contribution is 2.11. The second-order valence-corrected chi connectivity index (χ2v) is 9.79. The third-order valence-electron chi connectivity index (χ3n) is 1.87. The van der Waals surface area contributed by atoms with Gasteiger partial charge in [0, 0.05) is 5.92 Å². The van der Waals surface area contributed by atoms with Crippen molar-refractivity contribution in [2.75, 3.05) is 0 Å². The Bertz CT molecular complexity index is 204. The van der Waals surface area contributed by atoms with Crippen LogP contribution in [0.4, 0.5) is 0 Å². The minimum Gasteiger partial charge on any atom is -0.392 e. The van der Waals surface area contributed by atoms with Crippen molar-refractivity contribution < 1.29 is 5.11 Å². The van der Waals surface area contributed by atoms with Crippen LogP contribution in [0.1, 0.15) is 20.8 Å². The number of aliphatic hydroxyl groups is 1. The highest BCUT2D eigenvalue weighted by molar-refractivity contribution is 6.83. The van der Waals surface area contributed by atoms with Crippen molar-refractivity contribution in [1.29, 1.82) is 0 Å². The van der Waals surface area contributed by atoms with Gasteiger partial charge in [0.1, 0.15) is 8.07 Å². The van der Waals surface area contributed by atoms with Gasteiger partial charge in [0.25, 0.3) is 0 Å². The van der Waals surface area contributed by atoms with Crippen LogP contribution in [-0.2, 0) is 0 Å².